The largest absolute Gasteiger partial charge is 0.492 e. The van der Waals surface area contributed by atoms with Crippen LogP contribution < -0.4 is 4.74 Å². The van der Waals surface area contributed by atoms with Crippen molar-refractivity contribution < 1.29 is 14.9 Å². The molecule has 1 aliphatic rings. The van der Waals surface area contributed by atoms with Crippen LogP contribution in [0.2, 0.25) is 0 Å². The zero-order valence-electron chi connectivity index (χ0n) is 10.0. The molecule has 0 bridgehead atoms. The summed E-state index contributed by atoms with van der Waals surface area (Å²) in [5.74, 6) is 0.866. The number of aliphatic hydroxyl groups excluding tert-OH is 2. The fourth-order valence-electron chi connectivity index (χ4n) is 2.03. The number of β-amino-alcohol motifs (C(OH)–C–C–N with tert-alkyl or cyclic N) is 2. The van der Waals surface area contributed by atoms with E-state index in [9.17, 15) is 10.2 Å². The fourth-order valence-corrected chi connectivity index (χ4v) is 2.03. The van der Waals surface area contributed by atoms with E-state index in [1.165, 1.54) is 5.56 Å². The monoisotopic (exact) mass is 237 g/mol. The van der Waals surface area contributed by atoms with E-state index in [4.69, 9.17) is 4.74 Å². The second kappa shape index (κ2) is 5.49. The number of hydrogen-bond donors (Lipinski definition) is 2. The molecule has 0 unspecified atom stereocenters. The number of aliphatic hydroxyl groups is 2. The summed E-state index contributed by atoms with van der Waals surface area (Å²) in [6.07, 6.45) is -1.23. The SMILES string of the molecule is Cc1cccc(OCCN2C[C@@H](O)[C@@H](O)C2)c1. The summed E-state index contributed by atoms with van der Waals surface area (Å²) < 4.78 is 5.61. The molecule has 4 heteroatoms. The summed E-state index contributed by atoms with van der Waals surface area (Å²) in [5.41, 5.74) is 1.18. The van der Waals surface area contributed by atoms with E-state index < -0.39 is 12.2 Å². The number of ether oxygens (including phenoxy) is 1. The zero-order chi connectivity index (χ0) is 12.3. The van der Waals surface area contributed by atoms with Gasteiger partial charge in [-0.2, -0.15) is 0 Å². The Morgan fingerprint density at radius 3 is 2.65 bits per heavy atom. The van der Waals surface area contributed by atoms with Crippen LogP contribution >= 0.6 is 0 Å². The zero-order valence-corrected chi connectivity index (χ0v) is 10.0. The molecule has 1 aromatic carbocycles. The Morgan fingerprint density at radius 2 is 2.00 bits per heavy atom. The summed E-state index contributed by atoms with van der Waals surface area (Å²) in [6.45, 7) is 4.38. The molecule has 1 aliphatic heterocycles. The lowest BCUT2D eigenvalue weighted by Gasteiger charge is -2.15. The number of aryl methyl sites for hydroxylation is 1. The van der Waals surface area contributed by atoms with Gasteiger partial charge in [0.2, 0.25) is 0 Å². The van der Waals surface area contributed by atoms with E-state index >= 15 is 0 Å². The first-order chi connectivity index (χ1) is 8.15. The summed E-state index contributed by atoms with van der Waals surface area (Å²) in [6, 6.07) is 7.92. The highest BCUT2D eigenvalue weighted by Crippen LogP contribution is 2.13. The van der Waals surface area contributed by atoms with Crippen molar-refractivity contribution in [3.8, 4) is 5.75 Å². The molecule has 17 heavy (non-hydrogen) atoms. The van der Waals surface area contributed by atoms with Crippen LogP contribution in [0.25, 0.3) is 0 Å². The molecule has 0 saturated carbocycles. The van der Waals surface area contributed by atoms with E-state index in [1.807, 2.05) is 36.1 Å². The van der Waals surface area contributed by atoms with E-state index in [0.717, 1.165) is 12.3 Å². The van der Waals surface area contributed by atoms with Gasteiger partial charge in [0, 0.05) is 19.6 Å². The highest BCUT2D eigenvalue weighted by Gasteiger charge is 2.28. The number of benzene rings is 1. The average Bonchev–Trinajstić information content (AvgIpc) is 2.58. The van der Waals surface area contributed by atoms with Gasteiger partial charge >= 0.3 is 0 Å². The van der Waals surface area contributed by atoms with Gasteiger partial charge in [0.25, 0.3) is 0 Å². The summed E-state index contributed by atoms with van der Waals surface area (Å²) in [7, 11) is 0. The molecule has 4 nitrogen and oxygen atoms in total. The summed E-state index contributed by atoms with van der Waals surface area (Å²) in [5, 5.41) is 18.8. The third-order valence-corrected chi connectivity index (χ3v) is 3.00. The van der Waals surface area contributed by atoms with Gasteiger partial charge in [0.15, 0.2) is 0 Å². The van der Waals surface area contributed by atoms with E-state index in [0.29, 0.717) is 19.7 Å². The highest BCUT2D eigenvalue weighted by molar-refractivity contribution is 5.27. The van der Waals surface area contributed by atoms with Gasteiger partial charge in [0.1, 0.15) is 12.4 Å². The van der Waals surface area contributed by atoms with Crippen LogP contribution in [-0.4, -0.2) is 53.6 Å². The molecule has 0 aromatic heterocycles. The number of rotatable bonds is 4. The normalized spacial score (nSPS) is 25.1. The first-order valence-corrected chi connectivity index (χ1v) is 5.93. The van der Waals surface area contributed by atoms with Crippen LogP contribution in [0, 0.1) is 6.92 Å². The lowest BCUT2D eigenvalue weighted by molar-refractivity contribution is 0.0572. The second-order valence-electron chi connectivity index (χ2n) is 4.56. The fraction of sp³-hybridized carbons (Fsp3) is 0.538. The first kappa shape index (κ1) is 12.4. The smallest absolute Gasteiger partial charge is 0.119 e. The van der Waals surface area contributed by atoms with E-state index in [2.05, 4.69) is 0 Å². The molecule has 0 radical (unpaired) electrons. The van der Waals surface area contributed by atoms with Crippen molar-refractivity contribution in [1.29, 1.82) is 0 Å². The minimum Gasteiger partial charge on any atom is -0.492 e. The molecule has 0 amide bonds. The molecule has 2 N–H and O–H groups in total. The number of likely N-dealkylation sites (tertiary alicyclic amines) is 1. The Labute approximate surface area is 101 Å². The molecule has 1 fully saturated rings. The molecular weight excluding hydrogens is 218 g/mol. The van der Waals surface area contributed by atoms with Crippen molar-refractivity contribution in [2.24, 2.45) is 0 Å². The maximum atomic E-state index is 9.39. The predicted molar refractivity (Wildman–Crippen MR) is 65.1 cm³/mol. The highest BCUT2D eigenvalue weighted by atomic mass is 16.5. The van der Waals surface area contributed by atoms with Gasteiger partial charge in [-0.15, -0.1) is 0 Å². The van der Waals surface area contributed by atoms with Crippen LogP contribution in [0.1, 0.15) is 5.56 Å². The Morgan fingerprint density at radius 1 is 1.29 bits per heavy atom. The first-order valence-electron chi connectivity index (χ1n) is 5.93. The molecule has 1 saturated heterocycles. The van der Waals surface area contributed by atoms with Crippen LogP contribution in [0.4, 0.5) is 0 Å². The predicted octanol–water partition coefficient (Wildman–Crippen LogP) is 0.411. The standard InChI is InChI=1S/C13H19NO3/c1-10-3-2-4-11(7-10)17-6-5-14-8-12(15)13(16)9-14/h2-4,7,12-13,15-16H,5-6,8-9H2,1H3/t12-,13+. The van der Waals surface area contributed by atoms with Crippen molar-refractivity contribution in [3.05, 3.63) is 29.8 Å². The molecule has 2 rings (SSSR count). The third kappa shape index (κ3) is 3.43. The number of nitrogens with zero attached hydrogens (tertiary/aromatic N) is 1. The minimum atomic E-state index is -0.617. The summed E-state index contributed by atoms with van der Waals surface area (Å²) in [4.78, 5) is 2.01. The van der Waals surface area contributed by atoms with Crippen molar-refractivity contribution in [1.82, 2.24) is 4.90 Å². The molecule has 0 aliphatic carbocycles. The van der Waals surface area contributed by atoms with Gasteiger partial charge in [-0.05, 0) is 24.6 Å². The maximum absolute atomic E-state index is 9.39. The lowest BCUT2D eigenvalue weighted by Crippen LogP contribution is -2.27. The van der Waals surface area contributed by atoms with Crippen molar-refractivity contribution in [3.63, 3.8) is 0 Å². The van der Waals surface area contributed by atoms with Gasteiger partial charge < -0.3 is 14.9 Å². The van der Waals surface area contributed by atoms with Crippen molar-refractivity contribution in [2.75, 3.05) is 26.2 Å². The molecule has 2 atom stereocenters. The van der Waals surface area contributed by atoms with Crippen LogP contribution in [0.15, 0.2) is 24.3 Å². The van der Waals surface area contributed by atoms with Crippen LogP contribution in [0.5, 0.6) is 5.75 Å². The Balaban J connectivity index is 1.73. The van der Waals surface area contributed by atoms with Crippen molar-refractivity contribution >= 4 is 0 Å². The quantitative estimate of drug-likeness (QED) is 0.796. The minimum absolute atomic E-state index is 0.526. The number of hydrogen-bond acceptors (Lipinski definition) is 4. The van der Waals surface area contributed by atoms with Gasteiger partial charge in [0.05, 0.1) is 12.2 Å². The van der Waals surface area contributed by atoms with Gasteiger partial charge in [-0.1, -0.05) is 12.1 Å². The Bertz CT molecular complexity index is 359. The van der Waals surface area contributed by atoms with E-state index in [1.54, 1.807) is 0 Å². The summed E-state index contributed by atoms with van der Waals surface area (Å²) >= 11 is 0. The average molecular weight is 237 g/mol. The Hall–Kier alpha value is -1.10. The topological polar surface area (TPSA) is 52.9 Å². The van der Waals surface area contributed by atoms with Crippen LogP contribution in [-0.2, 0) is 0 Å². The second-order valence-corrected chi connectivity index (χ2v) is 4.56. The van der Waals surface area contributed by atoms with Crippen molar-refractivity contribution in [2.45, 2.75) is 19.1 Å². The Kier molecular flexibility index (Phi) is 3.99. The molecule has 94 valence electrons. The maximum Gasteiger partial charge on any atom is 0.119 e. The third-order valence-electron chi connectivity index (χ3n) is 3.00. The lowest BCUT2D eigenvalue weighted by atomic mass is 10.2. The van der Waals surface area contributed by atoms with E-state index in [-0.39, 0.29) is 0 Å². The molecule has 1 aromatic rings. The van der Waals surface area contributed by atoms with Gasteiger partial charge in [-0.25, -0.2) is 0 Å². The molecule has 1 heterocycles. The molecular formula is C13H19NO3. The van der Waals surface area contributed by atoms with Crippen LogP contribution in [0.3, 0.4) is 0 Å². The molecule has 0 spiro atoms. The van der Waals surface area contributed by atoms with Gasteiger partial charge in [-0.3, -0.25) is 4.90 Å².